The molecular weight excluding hydrogens is 325 g/mol. The highest BCUT2D eigenvalue weighted by Gasteiger charge is 2.10. The Balaban J connectivity index is 2.11. The van der Waals surface area contributed by atoms with E-state index in [1.807, 2.05) is 25.1 Å². The molecule has 0 saturated carbocycles. The number of halogens is 2. The second-order valence-electron chi connectivity index (χ2n) is 4.46. The third-order valence-corrected chi connectivity index (χ3v) is 3.53. The molecule has 2 N–H and O–H groups in total. The molecule has 0 unspecified atom stereocenters. The van der Waals surface area contributed by atoms with Crippen LogP contribution in [0.4, 0.5) is 10.1 Å². The first-order chi connectivity index (χ1) is 9.47. The van der Waals surface area contributed by atoms with Crippen molar-refractivity contribution in [3.8, 4) is 0 Å². The molecule has 0 fully saturated rings. The predicted molar refractivity (Wildman–Crippen MR) is 79.6 cm³/mol. The maximum atomic E-state index is 13.5. The lowest BCUT2D eigenvalue weighted by Crippen LogP contribution is -2.04. The quantitative estimate of drug-likeness (QED) is 0.878. The van der Waals surface area contributed by atoms with Gasteiger partial charge in [0.05, 0.1) is 5.56 Å². The van der Waals surface area contributed by atoms with E-state index >= 15 is 0 Å². The van der Waals surface area contributed by atoms with Crippen molar-refractivity contribution >= 4 is 27.6 Å². The lowest BCUT2D eigenvalue weighted by Gasteiger charge is -2.10. The summed E-state index contributed by atoms with van der Waals surface area (Å²) >= 11 is 3.45. The van der Waals surface area contributed by atoms with Crippen LogP contribution in [0.5, 0.6) is 0 Å². The fraction of sp³-hybridized carbons (Fsp3) is 0.133. The van der Waals surface area contributed by atoms with Crippen LogP contribution in [-0.4, -0.2) is 11.1 Å². The first-order valence-corrected chi connectivity index (χ1v) is 6.78. The van der Waals surface area contributed by atoms with E-state index in [1.54, 1.807) is 6.07 Å². The Hall–Kier alpha value is -1.88. The summed E-state index contributed by atoms with van der Waals surface area (Å²) in [5, 5.41) is 11.9. The van der Waals surface area contributed by atoms with Crippen LogP contribution in [0.1, 0.15) is 21.5 Å². The number of carboxylic acid groups (broad SMARTS) is 1. The molecule has 0 aliphatic carbocycles. The smallest absolute Gasteiger partial charge is 0.338 e. The van der Waals surface area contributed by atoms with E-state index in [0.717, 1.165) is 15.7 Å². The second-order valence-corrected chi connectivity index (χ2v) is 5.31. The lowest BCUT2D eigenvalue weighted by molar-refractivity contribution is 0.0692. The fourth-order valence-electron chi connectivity index (χ4n) is 1.80. The van der Waals surface area contributed by atoms with Gasteiger partial charge in [0.2, 0.25) is 0 Å². The number of anilines is 1. The monoisotopic (exact) mass is 337 g/mol. The van der Waals surface area contributed by atoms with Crippen molar-refractivity contribution in [3.05, 3.63) is 63.4 Å². The largest absolute Gasteiger partial charge is 0.478 e. The van der Waals surface area contributed by atoms with E-state index in [-0.39, 0.29) is 5.56 Å². The van der Waals surface area contributed by atoms with Gasteiger partial charge in [0.25, 0.3) is 0 Å². The van der Waals surface area contributed by atoms with E-state index in [1.165, 1.54) is 12.1 Å². The molecule has 3 nitrogen and oxygen atoms in total. The van der Waals surface area contributed by atoms with Gasteiger partial charge in [-0.15, -0.1) is 0 Å². The molecule has 0 saturated heterocycles. The Morgan fingerprint density at radius 2 is 2.05 bits per heavy atom. The zero-order valence-corrected chi connectivity index (χ0v) is 12.4. The summed E-state index contributed by atoms with van der Waals surface area (Å²) in [6.45, 7) is 2.41. The van der Waals surface area contributed by atoms with Gasteiger partial charge in [-0.3, -0.25) is 0 Å². The third kappa shape index (κ3) is 3.36. The molecule has 104 valence electrons. The number of hydrogen-bond acceptors (Lipinski definition) is 2. The predicted octanol–water partition coefficient (Wildman–Crippen LogP) is 4.21. The summed E-state index contributed by atoms with van der Waals surface area (Å²) in [6.07, 6.45) is 0. The van der Waals surface area contributed by atoms with E-state index in [2.05, 4.69) is 21.2 Å². The Labute approximate surface area is 124 Å². The minimum atomic E-state index is -1.26. The molecule has 0 amide bonds. The van der Waals surface area contributed by atoms with Crippen molar-refractivity contribution in [3.63, 3.8) is 0 Å². The number of rotatable bonds is 4. The van der Waals surface area contributed by atoms with Gasteiger partial charge in [0, 0.05) is 16.7 Å². The molecule has 0 aliphatic rings. The topological polar surface area (TPSA) is 49.3 Å². The molecule has 5 heteroatoms. The van der Waals surface area contributed by atoms with Crippen LogP contribution in [0, 0.1) is 12.7 Å². The SMILES string of the molecule is Cc1ccc(NCc2ccc(C(=O)O)c(F)c2)c(Br)c1. The molecule has 0 heterocycles. The molecule has 2 aromatic carbocycles. The minimum absolute atomic E-state index is 0.315. The lowest BCUT2D eigenvalue weighted by atomic mass is 10.1. The number of carbonyl (C=O) groups is 1. The van der Waals surface area contributed by atoms with Crippen LogP contribution in [0.25, 0.3) is 0 Å². The fourth-order valence-corrected chi connectivity index (χ4v) is 2.44. The molecule has 0 bridgehead atoms. The van der Waals surface area contributed by atoms with Crippen molar-refractivity contribution in [1.82, 2.24) is 0 Å². The number of benzene rings is 2. The van der Waals surface area contributed by atoms with Gasteiger partial charge in [-0.05, 0) is 58.2 Å². The normalized spacial score (nSPS) is 10.3. The minimum Gasteiger partial charge on any atom is -0.478 e. The molecule has 0 radical (unpaired) electrons. The molecule has 2 rings (SSSR count). The first-order valence-electron chi connectivity index (χ1n) is 5.99. The van der Waals surface area contributed by atoms with Gasteiger partial charge in [0.1, 0.15) is 5.82 Å². The maximum Gasteiger partial charge on any atom is 0.338 e. The Morgan fingerprint density at radius 3 is 2.65 bits per heavy atom. The van der Waals surface area contributed by atoms with Crippen molar-refractivity contribution < 1.29 is 14.3 Å². The highest BCUT2D eigenvalue weighted by Crippen LogP contribution is 2.24. The van der Waals surface area contributed by atoms with Crippen molar-refractivity contribution in [1.29, 1.82) is 0 Å². The molecule has 0 aromatic heterocycles. The third-order valence-electron chi connectivity index (χ3n) is 2.87. The van der Waals surface area contributed by atoms with Gasteiger partial charge in [0.15, 0.2) is 0 Å². The first kappa shape index (κ1) is 14.5. The molecule has 0 spiro atoms. The van der Waals surface area contributed by atoms with Crippen LogP contribution in [0.3, 0.4) is 0 Å². The van der Waals surface area contributed by atoms with Crippen LogP contribution in [0.2, 0.25) is 0 Å². The van der Waals surface area contributed by atoms with Gasteiger partial charge in [-0.25, -0.2) is 9.18 Å². The molecule has 0 aliphatic heterocycles. The molecule has 20 heavy (non-hydrogen) atoms. The zero-order valence-electron chi connectivity index (χ0n) is 10.8. The Morgan fingerprint density at radius 1 is 1.30 bits per heavy atom. The van der Waals surface area contributed by atoms with Gasteiger partial charge in [-0.2, -0.15) is 0 Å². The van der Waals surface area contributed by atoms with E-state index in [9.17, 15) is 9.18 Å². The average molecular weight is 338 g/mol. The van der Waals surface area contributed by atoms with Gasteiger partial charge >= 0.3 is 5.97 Å². The van der Waals surface area contributed by atoms with Crippen LogP contribution < -0.4 is 5.32 Å². The maximum absolute atomic E-state index is 13.5. The molecule has 2 aromatic rings. The van der Waals surface area contributed by atoms with Crippen molar-refractivity contribution in [2.45, 2.75) is 13.5 Å². The second kappa shape index (κ2) is 6.05. The Kier molecular flexibility index (Phi) is 4.39. The Bertz CT molecular complexity index is 658. The number of carboxylic acids is 1. The zero-order chi connectivity index (χ0) is 14.7. The van der Waals surface area contributed by atoms with E-state index in [4.69, 9.17) is 5.11 Å². The van der Waals surface area contributed by atoms with E-state index in [0.29, 0.717) is 12.1 Å². The number of aryl methyl sites for hydroxylation is 1. The highest BCUT2D eigenvalue weighted by molar-refractivity contribution is 9.10. The van der Waals surface area contributed by atoms with Crippen LogP contribution in [-0.2, 0) is 6.54 Å². The molecular formula is C15H13BrFNO2. The van der Waals surface area contributed by atoms with Crippen molar-refractivity contribution in [2.75, 3.05) is 5.32 Å². The highest BCUT2D eigenvalue weighted by atomic mass is 79.9. The number of aromatic carboxylic acids is 1. The summed E-state index contributed by atoms with van der Waals surface area (Å²) in [7, 11) is 0. The molecule has 0 atom stereocenters. The van der Waals surface area contributed by atoms with E-state index < -0.39 is 11.8 Å². The number of nitrogens with one attached hydrogen (secondary N) is 1. The average Bonchev–Trinajstić information content (AvgIpc) is 2.37. The van der Waals surface area contributed by atoms with Gasteiger partial charge in [-0.1, -0.05) is 12.1 Å². The van der Waals surface area contributed by atoms with Gasteiger partial charge < -0.3 is 10.4 Å². The van der Waals surface area contributed by atoms with Crippen molar-refractivity contribution in [2.24, 2.45) is 0 Å². The van der Waals surface area contributed by atoms with Crippen LogP contribution >= 0.6 is 15.9 Å². The van der Waals surface area contributed by atoms with Crippen LogP contribution in [0.15, 0.2) is 40.9 Å². The number of hydrogen-bond donors (Lipinski definition) is 2. The summed E-state index contributed by atoms with van der Waals surface area (Å²) in [6, 6.07) is 10.00. The summed E-state index contributed by atoms with van der Waals surface area (Å²) < 4.78 is 14.5. The standard InChI is InChI=1S/C15H13BrFNO2/c1-9-2-5-14(12(16)6-9)18-8-10-3-4-11(15(19)20)13(17)7-10/h2-7,18H,8H2,1H3,(H,19,20). The summed E-state index contributed by atoms with van der Waals surface area (Å²) in [5.74, 6) is -1.98. The summed E-state index contributed by atoms with van der Waals surface area (Å²) in [5.41, 5.74) is 2.41. The summed E-state index contributed by atoms with van der Waals surface area (Å²) in [4.78, 5) is 10.7.